The van der Waals surface area contributed by atoms with Gasteiger partial charge in [0.15, 0.2) is 0 Å². The molecule has 0 aliphatic heterocycles. The highest BCUT2D eigenvalue weighted by Gasteiger charge is 2.46. The van der Waals surface area contributed by atoms with Crippen LogP contribution < -0.4 is 5.32 Å². The minimum Gasteiger partial charge on any atom is -0.394 e. The lowest BCUT2D eigenvalue weighted by atomic mass is 9.92. The first-order valence-electron chi connectivity index (χ1n) is 8.75. The number of aliphatic hydroxyl groups is 1. The molecule has 0 aromatic rings. The fourth-order valence-electron chi connectivity index (χ4n) is 3.45. The molecule has 0 aromatic carbocycles. The molecule has 2 atom stereocenters. The quantitative estimate of drug-likeness (QED) is 0.577. The van der Waals surface area contributed by atoms with Crippen LogP contribution in [0.4, 0.5) is 0 Å². The molecule has 2 saturated carbocycles. The molecular weight excluding hydrogens is 264 g/mol. The van der Waals surface area contributed by atoms with Crippen LogP contribution in [0.3, 0.4) is 0 Å². The fourth-order valence-corrected chi connectivity index (χ4v) is 3.45. The Labute approximate surface area is 130 Å². The molecular formula is C17H34N2O2. The van der Waals surface area contributed by atoms with Crippen molar-refractivity contribution in [2.75, 3.05) is 40.0 Å². The minimum atomic E-state index is -0.104. The van der Waals surface area contributed by atoms with E-state index in [-0.39, 0.29) is 12.1 Å². The third-order valence-corrected chi connectivity index (χ3v) is 5.32. The van der Waals surface area contributed by atoms with Crippen LogP contribution in [0, 0.1) is 11.8 Å². The van der Waals surface area contributed by atoms with E-state index in [9.17, 15) is 5.11 Å². The summed E-state index contributed by atoms with van der Waals surface area (Å²) in [7, 11) is 1.77. The smallest absolute Gasteiger partial charge is 0.0628 e. The Hall–Kier alpha value is -0.160. The molecule has 2 rings (SSSR count). The molecule has 21 heavy (non-hydrogen) atoms. The molecule has 2 unspecified atom stereocenters. The lowest BCUT2D eigenvalue weighted by molar-refractivity contribution is 0.0507. The number of hydrogen-bond acceptors (Lipinski definition) is 4. The molecule has 0 radical (unpaired) electrons. The maximum Gasteiger partial charge on any atom is 0.0628 e. The lowest BCUT2D eigenvalue weighted by Gasteiger charge is -2.41. The van der Waals surface area contributed by atoms with Crippen molar-refractivity contribution in [1.82, 2.24) is 10.2 Å². The standard InChI is InChI=1S/C17H34N2O2/c1-4-9-18-17(13-20,16-7-8-16)12-19(10-11-21-3)14(2)15-5-6-15/h14-16,18,20H,4-13H2,1-3H3. The highest BCUT2D eigenvalue weighted by Crippen LogP contribution is 2.42. The van der Waals surface area contributed by atoms with Crippen LogP contribution in [-0.2, 0) is 4.74 Å². The molecule has 4 heteroatoms. The van der Waals surface area contributed by atoms with Gasteiger partial charge in [0.25, 0.3) is 0 Å². The zero-order chi connectivity index (χ0) is 15.3. The predicted octanol–water partition coefficient (Wildman–Crippen LogP) is 1.87. The zero-order valence-corrected chi connectivity index (χ0v) is 14.1. The summed E-state index contributed by atoms with van der Waals surface area (Å²) in [5, 5.41) is 13.8. The summed E-state index contributed by atoms with van der Waals surface area (Å²) in [5.74, 6) is 1.49. The highest BCUT2D eigenvalue weighted by atomic mass is 16.5. The Bertz CT molecular complexity index is 305. The van der Waals surface area contributed by atoms with E-state index in [1.54, 1.807) is 7.11 Å². The lowest BCUT2D eigenvalue weighted by Crippen LogP contribution is -2.60. The Morgan fingerprint density at radius 3 is 2.52 bits per heavy atom. The highest BCUT2D eigenvalue weighted by molar-refractivity contribution is 5.04. The van der Waals surface area contributed by atoms with Gasteiger partial charge in [-0.15, -0.1) is 0 Å². The van der Waals surface area contributed by atoms with E-state index in [4.69, 9.17) is 4.74 Å². The minimum absolute atomic E-state index is 0.104. The van der Waals surface area contributed by atoms with Crippen molar-refractivity contribution in [2.24, 2.45) is 11.8 Å². The summed E-state index contributed by atoms with van der Waals surface area (Å²) >= 11 is 0. The first-order valence-corrected chi connectivity index (χ1v) is 8.75. The average Bonchev–Trinajstić information content (AvgIpc) is 3.38. The number of nitrogens with zero attached hydrogens (tertiary/aromatic N) is 1. The van der Waals surface area contributed by atoms with Crippen molar-refractivity contribution in [3.05, 3.63) is 0 Å². The fraction of sp³-hybridized carbons (Fsp3) is 1.00. The third-order valence-electron chi connectivity index (χ3n) is 5.32. The molecule has 2 aliphatic rings. The van der Waals surface area contributed by atoms with Gasteiger partial charge in [0.05, 0.1) is 18.8 Å². The number of aliphatic hydroxyl groups excluding tert-OH is 1. The predicted molar refractivity (Wildman–Crippen MR) is 86.5 cm³/mol. The molecule has 0 heterocycles. The van der Waals surface area contributed by atoms with Crippen LogP contribution in [0.5, 0.6) is 0 Å². The van der Waals surface area contributed by atoms with Gasteiger partial charge in [-0.2, -0.15) is 0 Å². The number of hydrogen-bond donors (Lipinski definition) is 2. The molecule has 2 fully saturated rings. The third kappa shape index (κ3) is 4.65. The van der Waals surface area contributed by atoms with Crippen LogP contribution >= 0.6 is 0 Å². The Morgan fingerprint density at radius 1 is 1.33 bits per heavy atom. The van der Waals surface area contributed by atoms with Gasteiger partial charge in [0.2, 0.25) is 0 Å². The Balaban J connectivity index is 2.01. The average molecular weight is 298 g/mol. The molecule has 0 amide bonds. The van der Waals surface area contributed by atoms with Crippen molar-refractivity contribution in [2.45, 2.75) is 57.5 Å². The van der Waals surface area contributed by atoms with E-state index in [2.05, 4.69) is 24.1 Å². The molecule has 124 valence electrons. The molecule has 0 bridgehead atoms. The van der Waals surface area contributed by atoms with Gasteiger partial charge in [0, 0.05) is 26.2 Å². The van der Waals surface area contributed by atoms with Gasteiger partial charge >= 0.3 is 0 Å². The molecule has 2 N–H and O–H groups in total. The zero-order valence-electron chi connectivity index (χ0n) is 14.1. The second kappa shape index (κ2) is 7.91. The van der Waals surface area contributed by atoms with E-state index < -0.39 is 0 Å². The Kier molecular flexibility index (Phi) is 6.48. The van der Waals surface area contributed by atoms with Gasteiger partial charge in [-0.25, -0.2) is 0 Å². The SMILES string of the molecule is CCCNC(CO)(CN(CCOC)C(C)C1CC1)C1CC1. The van der Waals surface area contributed by atoms with Gasteiger partial charge < -0.3 is 15.2 Å². The van der Waals surface area contributed by atoms with E-state index in [1.807, 2.05) is 0 Å². The normalized spacial score (nSPS) is 23.3. The molecule has 0 saturated heterocycles. The van der Waals surface area contributed by atoms with Crippen molar-refractivity contribution in [3.63, 3.8) is 0 Å². The van der Waals surface area contributed by atoms with Gasteiger partial charge in [-0.3, -0.25) is 4.90 Å². The molecule has 4 nitrogen and oxygen atoms in total. The van der Waals surface area contributed by atoms with Crippen molar-refractivity contribution >= 4 is 0 Å². The summed E-state index contributed by atoms with van der Waals surface area (Å²) in [5.41, 5.74) is -0.104. The Morgan fingerprint density at radius 2 is 2.05 bits per heavy atom. The van der Waals surface area contributed by atoms with E-state index >= 15 is 0 Å². The van der Waals surface area contributed by atoms with Crippen molar-refractivity contribution in [1.29, 1.82) is 0 Å². The first kappa shape index (κ1) is 17.2. The number of methoxy groups -OCH3 is 1. The largest absolute Gasteiger partial charge is 0.394 e. The maximum atomic E-state index is 10.1. The summed E-state index contributed by atoms with van der Waals surface area (Å²) in [6, 6.07) is 0.605. The van der Waals surface area contributed by atoms with Crippen LogP contribution in [0.1, 0.15) is 46.0 Å². The van der Waals surface area contributed by atoms with Crippen LogP contribution in [0.2, 0.25) is 0 Å². The molecule has 0 spiro atoms. The number of rotatable bonds is 12. The number of nitrogens with one attached hydrogen (secondary N) is 1. The van der Waals surface area contributed by atoms with E-state index in [1.165, 1.54) is 25.7 Å². The summed E-state index contributed by atoms with van der Waals surface area (Å²) < 4.78 is 5.30. The molecule has 0 aromatic heterocycles. The first-order chi connectivity index (χ1) is 10.2. The van der Waals surface area contributed by atoms with Gasteiger partial charge in [0.1, 0.15) is 0 Å². The summed E-state index contributed by atoms with van der Waals surface area (Å²) in [6.07, 6.45) is 6.36. The summed E-state index contributed by atoms with van der Waals surface area (Å²) in [4.78, 5) is 2.55. The topological polar surface area (TPSA) is 44.7 Å². The second-order valence-corrected chi connectivity index (χ2v) is 7.06. The maximum absolute atomic E-state index is 10.1. The van der Waals surface area contributed by atoms with Gasteiger partial charge in [-0.1, -0.05) is 6.92 Å². The van der Waals surface area contributed by atoms with Crippen LogP contribution in [-0.4, -0.2) is 61.5 Å². The van der Waals surface area contributed by atoms with Crippen molar-refractivity contribution < 1.29 is 9.84 Å². The van der Waals surface area contributed by atoms with Crippen molar-refractivity contribution in [3.8, 4) is 0 Å². The van der Waals surface area contributed by atoms with Gasteiger partial charge in [-0.05, 0) is 57.4 Å². The summed E-state index contributed by atoms with van der Waals surface area (Å²) in [6.45, 7) is 8.48. The second-order valence-electron chi connectivity index (χ2n) is 7.06. The number of ether oxygens (including phenoxy) is 1. The van der Waals surface area contributed by atoms with E-state index in [0.29, 0.717) is 12.0 Å². The van der Waals surface area contributed by atoms with Crippen LogP contribution in [0.15, 0.2) is 0 Å². The van der Waals surface area contributed by atoms with E-state index in [0.717, 1.165) is 38.6 Å². The monoisotopic (exact) mass is 298 g/mol. The van der Waals surface area contributed by atoms with Crippen LogP contribution in [0.25, 0.3) is 0 Å². The molecule has 2 aliphatic carbocycles.